The van der Waals surface area contributed by atoms with Crippen molar-refractivity contribution in [3.8, 4) is 5.75 Å². The van der Waals surface area contributed by atoms with Gasteiger partial charge in [-0.1, -0.05) is 26.3 Å². The zero-order chi connectivity index (χ0) is 12.8. The van der Waals surface area contributed by atoms with Crippen LogP contribution in [0.15, 0.2) is 18.2 Å². The van der Waals surface area contributed by atoms with Crippen LogP contribution in [0.4, 0.5) is 0 Å². The third kappa shape index (κ3) is 4.22. The summed E-state index contributed by atoms with van der Waals surface area (Å²) < 4.78 is 5.25. The quantitative estimate of drug-likeness (QED) is 0.695. The molecule has 1 aromatic carbocycles. The molecule has 2 heteroatoms. The molecular weight excluding hydrogens is 212 g/mol. The smallest absolute Gasteiger partial charge is 0.166 e. The van der Waals surface area contributed by atoms with Crippen LogP contribution in [0.3, 0.4) is 0 Å². The summed E-state index contributed by atoms with van der Waals surface area (Å²) in [6, 6.07) is 5.74. The molecule has 0 radical (unpaired) electrons. The Labute approximate surface area is 104 Å². The summed E-state index contributed by atoms with van der Waals surface area (Å²) in [5.74, 6) is 1.53. The van der Waals surface area contributed by atoms with E-state index in [1.807, 2.05) is 25.1 Å². The van der Waals surface area contributed by atoms with E-state index >= 15 is 0 Å². The molecule has 1 aromatic rings. The number of ketones is 1. The lowest BCUT2D eigenvalue weighted by molar-refractivity contribution is 0.0975. The summed E-state index contributed by atoms with van der Waals surface area (Å²) in [4.78, 5) is 12.0. The number of hydrogen-bond acceptors (Lipinski definition) is 2. The average Bonchev–Trinajstić information content (AvgIpc) is 2.28. The van der Waals surface area contributed by atoms with Crippen molar-refractivity contribution in [1.29, 1.82) is 0 Å². The topological polar surface area (TPSA) is 26.3 Å². The Balaban J connectivity index is 2.68. The summed E-state index contributed by atoms with van der Waals surface area (Å²) in [7, 11) is 1.61. The van der Waals surface area contributed by atoms with Gasteiger partial charge in [-0.15, -0.1) is 0 Å². The maximum Gasteiger partial charge on any atom is 0.166 e. The molecule has 0 unspecified atom stereocenters. The zero-order valence-electron chi connectivity index (χ0n) is 11.2. The van der Waals surface area contributed by atoms with Gasteiger partial charge in [-0.25, -0.2) is 0 Å². The van der Waals surface area contributed by atoms with Crippen LogP contribution in [0.2, 0.25) is 0 Å². The fourth-order valence-corrected chi connectivity index (χ4v) is 1.83. The second kappa shape index (κ2) is 6.43. The summed E-state index contributed by atoms with van der Waals surface area (Å²) in [6.45, 7) is 6.35. The Morgan fingerprint density at radius 2 is 2.06 bits per heavy atom. The number of carbonyl (C=O) groups is 1. The van der Waals surface area contributed by atoms with Gasteiger partial charge in [0.05, 0.1) is 12.7 Å². The fraction of sp³-hybridized carbons (Fsp3) is 0.533. The minimum absolute atomic E-state index is 0.183. The molecule has 17 heavy (non-hydrogen) atoms. The predicted octanol–water partition coefficient (Wildman–Crippen LogP) is 4.01. The molecule has 0 bridgehead atoms. The second-order valence-corrected chi connectivity index (χ2v) is 4.91. The lowest BCUT2D eigenvalue weighted by Crippen LogP contribution is -2.03. The molecule has 0 amide bonds. The third-order valence-corrected chi connectivity index (χ3v) is 2.84. The molecule has 0 aliphatic heterocycles. The van der Waals surface area contributed by atoms with Crippen LogP contribution in [0, 0.1) is 12.8 Å². The minimum atomic E-state index is 0.183. The molecule has 0 fully saturated rings. The first-order valence-electron chi connectivity index (χ1n) is 6.22. The number of methoxy groups -OCH3 is 1. The average molecular weight is 234 g/mol. The van der Waals surface area contributed by atoms with Crippen LogP contribution in [-0.4, -0.2) is 12.9 Å². The van der Waals surface area contributed by atoms with Gasteiger partial charge < -0.3 is 4.74 Å². The van der Waals surface area contributed by atoms with Gasteiger partial charge in [0.15, 0.2) is 5.78 Å². The highest BCUT2D eigenvalue weighted by Crippen LogP contribution is 2.22. The molecule has 0 heterocycles. The van der Waals surface area contributed by atoms with E-state index in [-0.39, 0.29) is 5.78 Å². The van der Waals surface area contributed by atoms with Crippen molar-refractivity contribution >= 4 is 5.78 Å². The monoisotopic (exact) mass is 234 g/mol. The van der Waals surface area contributed by atoms with Gasteiger partial charge in [-0.05, 0) is 37.0 Å². The summed E-state index contributed by atoms with van der Waals surface area (Å²) in [5, 5.41) is 0. The summed E-state index contributed by atoms with van der Waals surface area (Å²) in [6.07, 6.45) is 2.66. The first-order chi connectivity index (χ1) is 8.04. The van der Waals surface area contributed by atoms with Crippen LogP contribution in [-0.2, 0) is 0 Å². The first-order valence-corrected chi connectivity index (χ1v) is 6.22. The summed E-state index contributed by atoms with van der Waals surface area (Å²) in [5.41, 5.74) is 1.82. The molecule has 0 aliphatic carbocycles. The fourth-order valence-electron chi connectivity index (χ4n) is 1.83. The van der Waals surface area contributed by atoms with E-state index in [0.717, 1.165) is 18.4 Å². The first kappa shape index (κ1) is 13.8. The van der Waals surface area contributed by atoms with Gasteiger partial charge in [0.25, 0.3) is 0 Å². The number of benzene rings is 1. The van der Waals surface area contributed by atoms with Crippen LogP contribution >= 0.6 is 0 Å². The van der Waals surface area contributed by atoms with Crippen molar-refractivity contribution in [2.24, 2.45) is 5.92 Å². The van der Waals surface area contributed by atoms with Crippen molar-refractivity contribution in [3.63, 3.8) is 0 Å². The third-order valence-electron chi connectivity index (χ3n) is 2.84. The SMILES string of the molecule is COc1cc(C)ccc1C(=O)CCCC(C)C. The number of Topliss-reactive ketones (excluding diaryl/α,β-unsaturated/α-hetero) is 1. The van der Waals surface area contributed by atoms with Crippen molar-refractivity contribution in [2.75, 3.05) is 7.11 Å². The molecule has 0 saturated heterocycles. The highest BCUT2D eigenvalue weighted by atomic mass is 16.5. The van der Waals surface area contributed by atoms with E-state index in [4.69, 9.17) is 4.74 Å². The standard InChI is InChI=1S/C15H22O2/c1-11(2)6-5-7-14(16)13-9-8-12(3)10-15(13)17-4/h8-11H,5-7H2,1-4H3. The lowest BCUT2D eigenvalue weighted by atomic mass is 10.00. The maximum atomic E-state index is 12.0. The van der Waals surface area contributed by atoms with Gasteiger partial charge >= 0.3 is 0 Å². The van der Waals surface area contributed by atoms with E-state index in [2.05, 4.69) is 13.8 Å². The van der Waals surface area contributed by atoms with E-state index in [1.54, 1.807) is 7.11 Å². The molecule has 0 atom stereocenters. The number of ether oxygens (including phenoxy) is 1. The van der Waals surface area contributed by atoms with Gasteiger partial charge in [-0.3, -0.25) is 4.79 Å². The molecule has 1 rings (SSSR count). The van der Waals surface area contributed by atoms with Crippen molar-refractivity contribution in [2.45, 2.75) is 40.0 Å². The molecule has 0 spiro atoms. The van der Waals surface area contributed by atoms with Crippen molar-refractivity contribution in [1.82, 2.24) is 0 Å². The predicted molar refractivity (Wildman–Crippen MR) is 70.8 cm³/mol. The van der Waals surface area contributed by atoms with Crippen LogP contribution in [0.5, 0.6) is 5.75 Å². The Kier molecular flexibility index (Phi) is 5.20. The Bertz CT molecular complexity index is 381. The molecule has 0 saturated carbocycles. The maximum absolute atomic E-state index is 12.0. The van der Waals surface area contributed by atoms with Crippen molar-refractivity contribution in [3.05, 3.63) is 29.3 Å². The van der Waals surface area contributed by atoms with Gasteiger partial charge in [0, 0.05) is 6.42 Å². The Hall–Kier alpha value is -1.31. The largest absolute Gasteiger partial charge is 0.496 e. The van der Waals surface area contributed by atoms with Crippen LogP contribution in [0.25, 0.3) is 0 Å². The minimum Gasteiger partial charge on any atom is -0.496 e. The lowest BCUT2D eigenvalue weighted by Gasteiger charge is -2.09. The molecular formula is C15H22O2. The second-order valence-electron chi connectivity index (χ2n) is 4.91. The van der Waals surface area contributed by atoms with E-state index in [0.29, 0.717) is 23.7 Å². The van der Waals surface area contributed by atoms with Gasteiger partial charge in [-0.2, -0.15) is 0 Å². The normalized spacial score (nSPS) is 10.6. The Morgan fingerprint density at radius 1 is 1.35 bits per heavy atom. The number of rotatable bonds is 6. The zero-order valence-corrected chi connectivity index (χ0v) is 11.2. The molecule has 0 aromatic heterocycles. The molecule has 0 aliphatic rings. The van der Waals surface area contributed by atoms with Gasteiger partial charge in [0.1, 0.15) is 5.75 Å². The highest BCUT2D eigenvalue weighted by molar-refractivity contribution is 5.98. The number of hydrogen-bond donors (Lipinski definition) is 0. The van der Waals surface area contributed by atoms with E-state index in [1.165, 1.54) is 0 Å². The molecule has 2 nitrogen and oxygen atoms in total. The van der Waals surface area contributed by atoms with Crippen molar-refractivity contribution < 1.29 is 9.53 Å². The number of carbonyl (C=O) groups excluding carboxylic acids is 1. The van der Waals surface area contributed by atoms with Crippen LogP contribution in [0.1, 0.15) is 49.0 Å². The van der Waals surface area contributed by atoms with Gasteiger partial charge in [0.2, 0.25) is 0 Å². The molecule has 94 valence electrons. The molecule has 0 N–H and O–H groups in total. The van der Waals surface area contributed by atoms with Crippen LogP contribution < -0.4 is 4.74 Å². The van der Waals surface area contributed by atoms with E-state index < -0.39 is 0 Å². The van der Waals surface area contributed by atoms with E-state index in [9.17, 15) is 4.79 Å². The highest BCUT2D eigenvalue weighted by Gasteiger charge is 2.12. The Morgan fingerprint density at radius 3 is 2.65 bits per heavy atom. The number of aryl methyl sites for hydroxylation is 1. The summed E-state index contributed by atoms with van der Waals surface area (Å²) >= 11 is 0.